The summed E-state index contributed by atoms with van der Waals surface area (Å²) in [6, 6.07) is 5.21. The first-order valence-electron chi connectivity index (χ1n) is 4.28. The van der Waals surface area contributed by atoms with Crippen molar-refractivity contribution in [2.75, 3.05) is 7.11 Å². The standard InChI is InChI=1S/C10H8ClN3O/c1-15-9-3-2-7(6-13-9)10-12-5-4-8(11)14-10/h2-6H,1H3. The van der Waals surface area contributed by atoms with Gasteiger partial charge in [-0.15, -0.1) is 0 Å². The second-order valence-electron chi connectivity index (χ2n) is 2.79. The Balaban J connectivity index is 2.37. The number of ether oxygens (including phenoxy) is 1. The molecule has 0 atom stereocenters. The van der Waals surface area contributed by atoms with Crippen LogP contribution in [-0.2, 0) is 0 Å². The predicted octanol–water partition coefficient (Wildman–Crippen LogP) is 2.20. The van der Waals surface area contributed by atoms with Crippen LogP contribution in [0.25, 0.3) is 11.4 Å². The second kappa shape index (κ2) is 4.23. The monoisotopic (exact) mass is 221 g/mol. The summed E-state index contributed by atoms with van der Waals surface area (Å²) in [6.07, 6.45) is 3.25. The van der Waals surface area contributed by atoms with Gasteiger partial charge in [0.1, 0.15) is 5.15 Å². The molecule has 0 N–H and O–H groups in total. The number of aromatic nitrogens is 3. The molecule has 0 saturated carbocycles. The first kappa shape index (κ1) is 9.86. The zero-order valence-electron chi connectivity index (χ0n) is 8.01. The molecule has 4 nitrogen and oxygen atoms in total. The van der Waals surface area contributed by atoms with Crippen molar-refractivity contribution in [3.63, 3.8) is 0 Å². The van der Waals surface area contributed by atoms with Crippen LogP contribution in [0.1, 0.15) is 0 Å². The van der Waals surface area contributed by atoms with E-state index in [0.29, 0.717) is 16.9 Å². The van der Waals surface area contributed by atoms with Gasteiger partial charge in [0, 0.05) is 24.0 Å². The molecule has 0 unspecified atom stereocenters. The van der Waals surface area contributed by atoms with Crippen LogP contribution in [0.2, 0.25) is 5.15 Å². The minimum atomic E-state index is 0.413. The van der Waals surface area contributed by atoms with Gasteiger partial charge in [-0.3, -0.25) is 0 Å². The summed E-state index contributed by atoms with van der Waals surface area (Å²) in [5, 5.41) is 0.413. The van der Waals surface area contributed by atoms with Crippen LogP contribution in [0, 0.1) is 0 Å². The van der Waals surface area contributed by atoms with Crippen LogP contribution in [0.15, 0.2) is 30.6 Å². The van der Waals surface area contributed by atoms with E-state index in [1.165, 1.54) is 0 Å². The Bertz CT molecular complexity index is 458. The van der Waals surface area contributed by atoms with Crippen molar-refractivity contribution in [2.45, 2.75) is 0 Å². The lowest BCUT2D eigenvalue weighted by atomic mass is 10.2. The fourth-order valence-electron chi connectivity index (χ4n) is 1.11. The lowest BCUT2D eigenvalue weighted by Gasteiger charge is -2.01. The van der Waals surface area contributed by atoms with E-state index < -0.39 is 0 Å². The summed E-state index contributed by atoms with van der Waals surface area (Å²) < 4.78 is 4.95. The van der Waals surface area contributed by atoms with Gasteiger partial charge < -0.3 is 4.74 Å². The molecule has 0 aromatic carbocycles. The Morgan fingerprint density at radius 1 is 1.20 bits per heavy atom. The summed E-state index contributed by atoms with van der Waals surface area (Å²) in [7, 11) is 1.57. The summed E-state index contributed by atoms with van der Waals surface area (Å²) in [5.74, 6) is 1.11. The van der Waals surface area contributed by atoms with Gasteiger partial charge in [0.25, 0.3) is 0 Å². The third-order valence-electron chi connectivity index (χ3n) is 1.83. The summed E-state index contributed by atoms with van der Waals surface area (Å²) in [5.41, 5.74) is 0.804. The van der Waals surface area contributed by atoms with Gasteiger partial charge in [-0.05, 0) is 12.1 Å². The molecule has 2 heterocycles. The Morgan fingerprint density at radius 3 is 2.67 bits per heavy atom. The number of methoxy groups -OCH3 is 1. The van der Waals surface area contributed by atoms with E-state index in [9.17, 15) is 0 Å². The summed E-state index contributed by atoms with van der Waals surface area (Å²) >= 11 is 5.76. The van der Waals surface area contributed by atoms with E-state index >= 15 is 0 Å². The minimum absolute atomic E-state index is 0.413. The molecule has 76 valence electrons. The van der Waals surface area contributed by atoms with Gasteiger partial charge in [0.05, 0.1) is 7.11 Å². The highest BCUT2D eigenvalue weighted by Gasteiger charge is 2.02. The van der Waals surface area contributed by atoms with E-state index in [1.54, 1.807) is 31.6 Å². The molecule has 0 spiro atoms. The van der Waals surface area contributed by atoms with Crippen LogP contribution < -0.4 is 4.74 Å². The molecule has 0 amide bonds. The molecule has 0 aliphatic heterocycles. The maximum Gasteiger partial charge on any atom is 0.212 e. The zero-order chi connectivity index (χ0) is 10.7. The van der Waals surface area contributed by atoms with Crippen molar-refractivity contribution in [3.8, 4) is 17.3 Å². The van der Waals surface area contributed by atoms with E-state index in [-0.39, 0.29) is 0 Å². The normalized spacial score (nSPS) is 10.0. The highest BCUT2D eigenvalue weighted by atomic mass is 35.5. The summed E-state index contributed by atoms with van der Waals surface area (Å²) in [4.78, 5) is 12.2. The van der Waals surface area contributed by atoms with E-state index in [0.717, 1.165) is 5.56 Å². The van der Waals surface area contributed by atoms with Crippen molar-refractivity contribution >= 4 is 11.6 Å². The van der Waals surface area contributed by atoms with Crippen molar-refractivity contribution in [2.24, 2.45) is 0 Å². The molecule has 0 aliphatic carbocycles. The van der Waals surface area contributed by atoms with E-state index in [1.807, 2.05) is 6.07 Å². The molecule has 15 heavy (non-hydrogen) atoms. The fourth-order valence-corrected chi connectivity index (χ4v) is 1.25. The number of rotatable bonds is 2. The molecule has 2 aromatic rings. The lowest BCUT2D eigenvalue weighted by molar-refractivity contribution is 0.398. The third-order valence-corrected chi connectivity index (χ3v) is 2.04. The van der Waals surface area contributed by atoms with Crippen molar-refractivity contribution in [1.29, 1.82) is 0 Å². The number of pyridine rings is 1. The first-order valence-corrected chi connectivity index (χ1v) is 4.66. The third kappa shape index (κ3) is 2.22. The maximum atomic E-state index is 5.76. The number of halogens is 1. The lowest BCUT2D eigenvalue weighted by Crippen LogP contribution is -1.91. The molecule has 2 rings (SSSR count). The Kier molecular flexibility index (Phi) is 2.78. The molecule has 0 bridgehead atoms. The molecular weight excluding hydrogens is 214 g/mol. The molecule has 0 aliphatic rings. The molecule has 0 saturated heterocycles. The van der Waals surface area contributed by atoms with E-state index in [2.05, 4.69) is 15.0 Å². The van der Waals surface area contributed by atoms with Gasteiger partial charge >= 0.3 is 0 Å². The summed E-state index contributed by atoms with van der Waals surface area (Å²) in [6.45, 7) is 0. The Hall–Kier alpha value is -1.68. The Morgan fingerprint density at radius 2 is 2.07 bits per heavy atom. The average Bonchev–Trinajstić information content (AvgIpc) is 2.29. The first-order chi connectivity index (χ1) is 7.29. The van der Waals surface area contributed by atoms with E-state index in [4.69, 9.17) is 16.3 Å². The predicted molar refractivity (Wildman–Crippen MR) is 56.8 cm³/mol. The van der Waals surface area contributed by atoms with Gasteiger partial charge in [0.15, 0.2) is 5.82 Å². The second-order valence-corrected chi connectivity index (χ2v) is 3.18. The average molecular weight is 222 g/mol. The fraction of sp³-hybridized carbons (Fsp3) is 0.100. The highest BCUT2D eigenvalue weighted by Crippen LogP contribution is 2.17. The molecule has 5 heteroatoms. The SMILES string of the molecule is COc1ccc(-c2nccc(Cl)n2)cn1. The largest absolute Gasteiger partial charge is 0.481 e. The smallest absolute Gasteiger partial charge is 0.212 e. The molecule has 2 aromatic heterocycles. The van der Waals surface area contributed by atoms with Crippen molar-refractivity contribution in [1.82, 2.24) is 15.0 Å². The van der Waals surface area contributed by atoms with Gasteiger partial charge in [-0.25, -0.2) is 15.0 Å². The number of hydrogen-bond acceptors (Lipinski definition) is 4. The van der Waals surface area contributed by atoms with Crippen LogP contribution in [0.5, 0.6) is 5.88 Å². The van der Waals surface area contributed by atoms with Gasteiger partial charge in [0.2, 0.25) is 5.88 Å². The molecular formula is C10H8ClN3O. The quantitative estimate of drug-likeness (QED) is 0.730. The Labute approximate surface area is 91.9 Å². The van der Waals surface area contributed by atoms with Crippen LogP contribution in [0.4, 0.5) is 0 Å². The highest BCUT2D eigenvalue weighted by molar-refractivity contribution is 6.29. The van der Waals surface area contributed by atoms with Crippen LogP contribution >= 0.6 is 11.6 Å². The van der Waals surface area contributed by atoms with Crippen molar-refractivity contribution < 1.29 is 4.74 Å². The minimum Gasteiger partial charge on any atom is -0.481 e. The van der Waals surface area contributed by atoms with Gasteiger partial charge in [-0.2, -0.15) is 0 Å². The molecule has 0 radical (unpaired) electrons. The number of hydrogen-bond donors (Lipinski definition) is 0. The maximum absolute atomic E-state index is 5.76. The molecule has 0 fully saturated rings. The van der Waals surface area contributed by atoms with Crippen LogP contribution in [-0.4, -0.2) is 22.1 Å². The van der Waals surface area contributed by atoms with Crippen molar-refractivity contribution in [3.05, 3.63) is 35.7 Å². The zero-order valence-corrected chi connectivity index (χ0v) is 8.77. The van der Waals surface area contributed by atoms with Crippen LogP contribution in [0.3, 0.4) is 0 Å². The topological polar surface area (TPSA) is 47.9 Å². The van der Waals surface area contributed by atoms with Gasteiger partial charge in [-0.1, -0.05) is 11.6 Å². The number of nitrogens with zero attached hydrogens (tertiary/aromatic N) is 3.